The van der Waals surface area contributed by atoms with Crippen LogP contribution in [0, 0.1) is 34.5 Å². The fourth-order valence-corrected chi connectivity index (χ4v) is 7.20. The Hall–Kier alpha value is -1.18. The Balaban J connectivity index is 1.72. The van der Waals surface area contributed by atoms with Gasteiger partial charge in [-0.15, -0.1) is 0 Å². The molecule has 4 rings (SSSR count). The zero-order chi connectivity index (χ0) is 17.3. The Labute approximate surface area is 145 Å². The molecule has 0 aliphatic heterocycles. The first-order valence-electron chi connectivity index (χ1n) is 9.71. The molecule has 0 N–H and O–H groups in total. The van der Waals surface area contributed by atoms with Crippen LogP contribution in [-0.4, -0.2) is 11.6 Å². The third-order valence-corrected chi connectivity index (χ3v) is 8.38. The Morgan fingerprint density at radius 1 is 1.12 bits per heavy atom. The molecule has 0 amide bonds. The number of Topliss-reactive ketones (excluding diaryl/α,β-unsaturated/α-hetero) is 1. The monoisotopic (exact) mass is 326 g/mol. The van der Waals surface area contributed by atoms with Crippen molar-refractivity contribution in [1.82, 2.24) is 0 Å². The van der Waals surface area contributed by atoms with Crippen LogP contribution in [0.4, 0.5) is 0 Å². The third kappa shape index (κ3) is 2.01. The van der Waals surface area contributed by atoms with Crippen molar-refractivity contribution in [2.24, 2.45) is 34.5 Å². The van der Waals surface area contributed by atoms with Crippen molar-refractivity contribution in [2.45, 2.75) is 65.7 Å². The summed E-state index contributed by atoms with van der Waals surface area (Å²) in [6.07, 6.45) is 8.80. The summed E-state index contributed by atoms with van der Waals surface area (Å²) in [7, 11) is 0. The summed E-state index contributed by atoms with van der Waals surface area (Å²) in [4.78, 5) is 24.8. The van der Waals surface area contributed by atoms with Gasteiger partial charge in [0.15, 0.2) is 11.6 Å². The summed E-state index contributed by atoms with van der Waals surface area (Å²) >= 11 is 0. The minimum atomic E-state index is -0.0590. The number of rotatable bonds is 1. The van der Waals surface area contributed by atoms with Crippen molar-refractivity contribution in [3.63, 3.8) is 0 Å². The number of hydrogen-bond donors (Lipinski definition) is 0. The molecule has 0 aromatic carbocycles. The second-order valence-corrected chi connectivity index (χ2v) is 9.47. The molecule has 0 radical (unpaired) electrons. The SMILES string of the molecule is C=C(C)C1CCC2C3CC(=O)C4=CC(=O)CCC4(C)C3CCC12C. The van der Waals surface area contributed by atoms with Crippen molar-refractivity contribution in [1.29, 1.82) is 0 Å². The van der Waals surface area contributed by atoms with Crippen molar-refractivity contribution in [3.8, 4) is 0 Å². The van der Waals surface area contributed by atoms with Crippen molar-refractivity contribution < 1.29 is 9.59 Å². The van der Waals surface area contributed by atoms with Gasteiger partial charge in [0.1, 0.15) is 0 Å². The zero-order valence-corrected chi connectivity index (χ0v) is 15.4. The van der Waals surface area contributed by atoms with Crippen LogP contribution in [0.25, 0.3) is 0 Å². The van der Waals surface area contributed by atoms with Gasteiger partial charge in [0, 0.05) is 18.4 Å². The highest BCUT2D eigenvalue weighted by Gasteiger charge is 2.60. The van der Waals surface area contributed by atoms with E-state index in [9.17, 15) is 9.59 Å². The fraction of sp³-hybridized carbons (Fsp3) is 0.727. The van der Waals surface area contributed by atoms with E-state index in [4.69, 9.17) is 0 Å². The van der Waals surface area contributed by atoms with E-state index in [0.29, 0.717) is 41.9 Å². The largest absolute Gasteiger partial charge is 0.295 e. The Morgan fingerprint density at radius 3 is 2.58 bits per heavy atom. The molecule has 2 nitrogen and oxygen atoms in total. The number of carbonyl (C=O) groups is 2. The van der Waals surface area contributed by atoms with Crippen LogP contribution in [0.5, 0.6) is 0 Å². The van der Waals surface area contributed by atoms with Crippen LogP contribution in [-0.2, 0) is 9.59 Å². The molecule has 130 valence electrons. The molecule has 0 bridgehead atoms. The standard InChI is InChI=1S/C22H30O2/c1-13(2)16-5-6-17-15-12-20(24)19-11-14(23)7-9-22(19,4)18(15)8-10-21(16,17)3/h11,15-18H,1,5-10,12H2,2-4H3. The first kappa shape index (κ1) is 16.3. The second kappa shape index (κ2) is 5.16. The highest BCUT2D eigenvalue weighted by molar-refractivity contribution is 6.05. The van der Waals surface area contributed by atoms with E-state index in [1.807, 2.05) is 0 Å². The van der Waals surface area contributed by atoms with Gasteiger partial charge in [0.05, 0.1) is 0 Å². The van der Waals surface area contributed by atoms with Crippen LogP contribution in [0.3, 0.4) is 0 Å². The van der Waals surface area contributed by atoms with Gasteiger partial charge in [-0.2, -0.15) is 0 Å². The lowest BCUT2D eigenvalue weighted by molar-refractivity contribution is -0.131. The quantitative estimate of drug-likeness (QED) is 0.643. The van der Waals surface area contributed by atoms with Gasteiger partial charge < -0.3 is 0 Å². The van der Waals surface area contributed by atoms with Crippen molar-refractivity contribution in [2.75, 3.05) is 0 Å². The summed E-state index contributed by atoms with van der Waals surface area (Å²) in [6, 6.07) is 0. The van der Waals surface area contributed by atoms with Crippen LogP contribution < -0.4 is 0 Å². The van der Waals surface area contributed by atoms with Crippen LogP contribution in [0.15, 0.2) is 23.8 Å². The molecule has 24 heavy (non-hydrogen) atoms. The van der Waals surface area contributed by atoms with E-state index in [1.54, 1.807) is 6.08 Å². The maximum Gasteiger partial charge on any atom is 0.159 e. The summed E-state index contributed by atoms with van der Waals surface area (Å²) in [6.45, 7) is 11.2. The summed E-state index contributed by atoms with van der Waals surface area (Å²) < 4.78 is 0. The molecule has 0 spiro atoms. The number of fused-ring (bicyclic) bond motifs is 5. The maximum atomic E-state index is 12.9. The molecular formula is C22H30O2. The number of ketones is 2. The predicted octanol–water partition coefficient (Wildman–Crippen LogP) is 4.89. The topological polar surface area (TPSA) is 34.1 Å². The molecule has 6 atom stereocenters. The van der Waals surface area contributed by atoms with Crippen LogP contribution in [0.1, 0.15) is 65.7 Å². The smallest absolute Gasteiger partial charge is 0.159 e. The predicted molar refractivity (Wildman–Crippen MR) is 95.4 cm³/mol. The van der Waals surface area contributed by atoms with E-state index >= 15 is 0 Å². The van der Waals surface area contributed by atoms with Crippen LogP contribution in [0.2, 0.25) is 0 Å². The Bertz CT molecular complexity index is 657. The molecule has 0 aromatic heterocycles. The lowest BCUT2D eigenvalue weighted by Crippen LogP contribution is -2.52. The Morgan fingerprint density at radius 2 is 1.88 bits per heavy atom. The Kier molecular flexibility index (Phi) is 3.50. The molecule has 2 heteroatoms. The molecule has 0 heterocycles. The van der Waals surface area contributed by atoms with E-state index in [0.717, 1.165) is 12.0 Å². The van der Waals surface area contributed by atoms with Gasteiger partial charge in [-0.3, -0.25) is 9.59 Å². The van der Waals surface area contributed by atoms with Gasteiger partial charge in [0.2, 0.25) is 0 Å². The van der Waals surface area contributed by atoms with Gasteiger partial charge in [0.25, 0.3) is 0 Å². The first-order chi connectivity index (χ1) is 11.3. The zero-order valence-electron chi connectivity index (χ0n) is 15.4. The minimum absolute atomic E-state index is 0.0590. The van der Waals surface area contributed by atoms with E-state index in [-0.39, 0.29) is 17.0 Å². The second-order valence-electron chi connectivity index (χ2n) is 9.47. The number of carbonyl (C=O) groups excluding carboxylic acids is 2. The highest BCUT2D eigenvalue weighted by atomic mass is 16.1. The third-order valence-electron chi connectivity index (χ3n) is 8.38. The van der Waals surface area contributed by atoms with E-state index < -0.39 is 0 Å². The van der Waals surface area contributed by atoms with Gasteiger partial charge >= 0.3 is 0 Å². The molecule has 0 aromatic rings. The minimum Gasteiger partial charge on any atom is -0.295 e. The average molecular weight is 326 g/mol. The van der Waals surface area contributed by atoms with Crippen molar-refractivity contribution in [3.05, 3.63) is 23.8 Å². The molecule has 0 saturated heterocycles. The van der Waals surface area contributed by atoms with Gasteiger partial charge in [-0.25, -0.2) is 0 Å². The van der Waals surface area contributed by atoms with E-state index in [1.165, 1.54) is 31.3 Å². The molecule has 3 fully saturated rings. The van der Waals surface area contributed by atoms with E-state index in [2.05, 4.69) is 27.4 Å². The molecule has 4 aliphatic carbocycles. The fourth-order valence-electron chi connectivity index (χ4n) is 7.20. The molecule has 6 unspecified atom stereocenters. The summed E-state index contributed by atoms with van der Waals surface area (Å²) in [5.74, 6) is 2.77. The molecular weight excluding hydrogens is 296 g/mol. The first-order valence-corrected chi connectivity index (χ1v) is 9.71. The highest BCUT2D eigenvalue weighted by Crippen LogP contribution is 2.66. The average Bonchev–Trinajstić information content (AvgIpc) is 2.87. The van der Waals surface area contributed by atoms with Crippen LogP contribution >= 0.6 is 0 Å². The molecule has 3 saturated carbocycles. The van der Waals surface area contributed by atoms with Gasteiger partial charge in [-0.1, -0.05) is 26.0 Å². The lowest BCUT2D eigenvalue weighted by atomic mass is 9.46. The summed E-state index contributed by atoms with van der Waals surface area (Å²) in [5.41, 5.74) is 2.46. The lowest BCUT2D eigenvalue weighted by Gasteiger charge is -2.57. The normalized spacial score (nSPS) is 47.5. The number of allylic oxidation sites excluding steroid dienone is 2. The summed E-state index contributed by atoms with van der Waals surface area (Å²) in [5, 5.41) is 0. The number of hydrogen-bond acceptors (Lipinski definition) is 2. The van der Waals surface area contributed by atoms with Crippen molar-refractivity contribution >= 4 is 11.6 Å². The van der Waals surface area contributed by atoms with Gasteiger partial charge in [-0.05, 0) is 79.6 Å². The maximum absolute atomic E-state index is 12.9. The molecule has 4 aliphatic rings.